The van der Waals surface area contributed by atoms with Crippen LogP contribution in [0.25, 0.3) is 10.9 Å². The summed E-state index contributed by atoms with van der Waals surface area (Å²) in [5.74, 6) is 0.588. The number of amides is 1. The van der Waals surface area contributed by atoms with E-state index in [1.807, 2.05) is 60.1 Å². The lowest BCUT2D eigenvalue weighted by Gasteiger charge is -2.11. The van der Waals surface area contributed by atoms with E-state index in [1.165, 1.54) is 0 Å². The van der Waals surface area contributed by atoms with E-state index in [0.29, 0.717) is 19.0 Å². The number of nitrogens with zero attached hydrogens (tertiary/aromatic N) is 4. The van der Waals surface area contributed by atoms with Crippen molar-refractivity contribution in [3.63, 3.8) is 0 Å². The van der Waals surface area contributed by atoms with Crippen molar-refractivity contribution in [2.24, 2.45) is 0 Å². The zero-order valence-electron chi connectivity index (χ0n) is 13.2. The van der Waals surface area contributed by atoms with Crippen LogP contribution in [0.15, 0.2) is 48.8 Å². The number of hydrogen-bond donors (Lipinski definition) is 1. The van der Waals surface area contributed by atoms with E-state index >= 15 is 0 Å². The van der Waals surface area contributed by atoms with Crippen LogP contribution in [0.2, 0.25) is 0 Å². The van der Waals surface area contributed by atoms with Gasteiger partial charge in [0.15, 0.2) is 0 Å². The van der Waals surface area contributed by atoms with E-state index in [2.05, 4.69) is 15.3 Å². The Morgan fingerprint density at radius 3 is 2.87 bits per heavy atom. The predicted molar refractivity (Wildman–Crippen MR) is 90.1 cm³/mol. The van der Waals surface area contributed by atoms with Gasteiger partial charge in [0, 0.05) is 32.0 Å². The number of carbonyl (C=O) groups is 1. The summed E-state index contributed by atoms with van der Waals surface area (Å²) in [5.41, 5.74) is 1.84. The average Bonchev–Trinajstić information content (AvgIpc) is 2.96. The van der Waals surface area contributed by atoms with Crippen LogP contribution in [-0.4, -0.2) is 34.5 Å². The highest BCUT2D eigenvalue weighted by Gasteiger charge is 2.07. The van der Waals surface area contributed by atoms with E-state index in [0.717, 1.165) is 16.6 Å². The molecule has 0 bridgehead atoms. The number of benzene rings is 1. The minimum atomic E-state index is -0.0450. The molecule has 3 rings (SSSR count). The summed E-state index contributed by atoms with van der Waals surface area (Å²) < 4.78 is 1.94. The molecule has 0 saturated carbocycles. The van der Waals surface area contributed by atoms with Gasteiger partial charge in [-0.2, -0.15) is 0 Å². The van der Waals surface area contributed by atoms with Crippen LogP contribution >= 0.6 is 0 Å². The summed E-state index contributed by atoms with van der Waals surface area (Å²) in [4.78, 5) is 22.5. The van der Waals surface area contributed by atoms with E-state index in [4.69, 9.17) is 0 Å². The number of nitrogens with one attached hydrogen (secondary N) is 1. The highest BCUT2D eigenvalue weighted by molar-refractivity contribution is 5.83. The van der Waals surface area contributed by atoms with Gasteiger partial charge >= 0.3 is 0 Å². The highest BCUT2D eigenvalue weighted by Crippen LogP contribution is 2.14. The van der Waals surface area contributed by atoms with Gasteiger partial charge in [0.25, 0.3) is 0 Å². The Labute approximate surface area is 134 Å². The van der Waals surface area contributed by atoms with E-state index in [9.17, 15) is 4.79 Å². The fourth-order valence-electron chi connectivity index (χ4n) is 2.38. The molecule has 2 heterocycles. The Morgan fingerprint density at radius 1 is 1.22 bits per heavy atom. The van der Waals surface area contributed by atoms with Gasteiger partial charge in [0.05, 0.1) is 12.2 Å². The zero-order valence-corrected chi connectivity index (χ0v) is 13.2. The van der Waals surface area contributed by atoms with Crippen molar-refractivity contribution in [1.82, 2.24) is 19.9 Å². The number of fused-ring (bicyclic) bond motifs is 1. The molecule has 1 amide bonds. The molecule has 3 aromatic rings. The molecule has 1 aromatic carbocycles. The van der Waals surface area contributed by atoms with Gasteiger partial charge in [-0.15, -0.1) is 0 Å². The molecule has 0 aliphatic carbocycles. The number of carbonyl (C=O) groups excluding carboxylic acids is 1. The van der Waals surface area contributed by atoms with E-state index < -0.39 is 0 Å². The number of aromatic nitrogens is 3. The van der Waals surface area contributed by atoms with Gasteiger partial charge < -0.3 is 14.8 Å². The fraction of sp³-hybridized carbons (Fsp3) is 0.235. The molecule has 0 saturated heterocycles. The van der Waals surface area contributed by atoms with Gasteiger partial charge in [-0.1, -0.05) is 18.2 Å². The second-order valence-corrected chi connectivity index (χ2v) is 5.52. The first-order chi connectivity index (χ1) is 11.1. The van der Waals surface area contributed by atoms with Crippen LogP contribution in [0.4, 0.5) is 5.95 Å². The van der Waals surface area contributed by atoms with Crippen molar-refractivity contribution in [3.05, 3.63) is 54.5 Å². The van der Waals surface area contributed by atoms with Crippen LogP contribution in [0.1, 0.15) is 5.69 Å². The van der Waals surface area contributed by atoms with Crippen LogP contribution < -0.4 is 10.2 Å². The standard InChI is InChI=1S/C17H19N5O/c1-21(2)17-18-9-7-14(20-17)11-19-16(23)12-22-10-8-13-5-3-4-6-15(13)22/h3-10H,11-12H2,1-2H3,(H,19,23). The van der Waals surface area contributed by atoms with Crippen molar-refractivity contribution in [2.75, 3.05) is 19.0 Å². The molecule has 23 heavy (non-hydrogen) atoms. The van der Waals surface area contributed by atoms with Crippen LogP contribution in [0.5, 0.6) is 0 Å². The molecule has 0 fully saturated rings. The third kappa shape index (κ3) is 3.48. The van der Waals surface area contributed by atoms with Crippen LogP contribution in [-0.2, 0) is 17.9 Å². The summed E-state index contributed by atoms with van der Waals surface area (Å²) in [5, 5.41) is 4.03. The number of hydrogen-bond acceptors (Lipinski definition) is 4. The quantitative estimate of drug-likeness (QED) is 0.781. The van der Waals surface area contributed by atoms with Crippen molar-refractivity contribution in [2.45, 2.75) is 13.1 Å². The van der Waals surface area contributed by atoms with Gasteiger partial charge in [-0.05, 0) is 23.6 Å². The van der Waals surface area contributed by atoms with Crippen molar-refractivity contribution in [3.8, 4) is 0 Å². The molecule has 0 atom stereocenters. The Bertz CT molecular complexity index is 824. The summed E-state index contributed by atoms with van der Waals surface area (Å²) in [7, 11) is 3.77. The molecule has 1 N–H and O–H groups in total. The topological polar surface area (TPSA) is 63.1 Å². The lowest BCUT2D eigenvalue weighted by molar-refractivity contribution is -0.121. The number of rotatable bonds is 5. The Balaban J connectivity index is 1.63. The third-order valence-electron chi connectivity index (χ3n) is 3.56. The van der Waals surface area contributed by atoms with E-state index in [1.54, 1.807) is 12.3 Å². The van der Waals surface area contributed by atoms with Crippen molar-refractivity contribution in [1.29, 1.82) is 0 Å². The second-order valence-electron chi connectivity index (χ2n) is 5.52. The summed E-state index contributed by atoms with van der Waals surface area (Å²) >= 11 is 0. The number of para-hydroxylation sites is 1. The summed E-state index contributed by atoms with van der Waals surface area (Å²) in [6.07, 6.45) is 3.63. The molecule has 0 aliphatic rings. The smallest absolute Gasteiger partial charge is 0.240 e. The molecule has 118 valence electrons. The SMILES string of the molecule is CN(C)c1nccc(CNC(=O)Cn2ccc3ccccc32)n1. The molecule has 2 aromatic heterocycles. The maximum absolute atomic E-state index is 12.2. The molecule has 0 unspecified atom stereocenters. The van der Waals surface area contributed by atoms with Gasteiger partial charge in [0.1, 0.15) is 6.54 Å². The maximum Gasteiger partial charge on any atom is 0.240 e. The van der Waals surface area contributed by atoms with Gasteiger partial charge in [-0.25, -0.2) is 9.97 Å². The Morgan fingerprint density at radius 2 is 2.04 bits per heavy atom. The molecule has 0 spiro atoms. The molecule has 6 heteroatoms. The monoisotopic (exact) mass is 309 g/mol. The Kier molecular flexibility index (Phi) is 4.23. The second kappa shape index (κ2) is 6.48. The highest BCUT2D eigenvalue weighted by atomic mass is 16.1. The molecule has 6 nitrogen and oxygen atoms in total. The normalized spacial score (nSPS) is 10.7. The van der Waals surface area contributed by atoms with E-state index in [-0.39, 0.29) is 5.91 Å². The first-order valence-electron chi connectivity index (χ1n) is 7.43. The average molecular weight is 309 g/mol. The van der Waals surface area contributed by atoms with Crippen molar-refractivity contribution >= 4 is 22.8 Å². The summed E-state index contributed by atoms with van der Waals surface area (Å²) in [6, 6.07) is 11.8. The fourth-order valence-corrected chi connectivity index (χ4v) is 2.38. The minimum Gasteiger partial charge on any atom is -0.349 e. The summed E-state index contributed by atoms with van der Waals surface area (Å²) in [6.45, 7) is 0.681. The molecule has 0 radical (unpaired) electrons. The minimum absolute atomic E-state index is 0.0450. The van der Waals surface area contributed by atoms with Crippen molar-refractivity contribution < 1.29 is 4.79 Å². The molecular formula is C17H19N5O. The largest absolute Gasteiger partial charge is 0.349 e. The lowest BCUT2D eigenvalue weighted by atomic mass is 10.2. The van der Waals surface area contributed by atoms with Gasteiger partial charge in [-0.3, -0.25) is 4.79 Å². The zero-order chi connectivity index (χ0) is 16.2. The first-order valence-corrected chi connectivity index (χ1v) is 7.43. The Hall–Kier alpha value is -2.89. The molecule has 0 aliphatic heterocycles. The molecular weight excluding hydrogens is 290 g/mol. The predicted octanol–water partition coefficient (Wildman–Crippen LogP) is 1.81. The van der Waals surface area contributed by atoms with Crippen LogP contribution in [0, 0.1) is 0 Å². The lowest BCUT2D eigenvalue weighted by Crippen LogP contribution is -2.27. The maximum atomic E-state index is 12.2. The number of anilines is 1. The van der Waals surface area contributed by atoms with Crippen LogP contribution in [0.3, 0.4) is 0 Å². The van der Waals surface area contributed by atoms with Gasteiger partial charge in [0.2, 0.25) is 11.9 Å². The third-order valence-corrected chi connectivity index (χ3v) is 3.56. The first kappa shape index (κ1) is 15.0.